The predicted molar refractivity (Wildman–Crippen MR) is 113 cm³/mol. The highest BCUT2D eigenvalue weighted by molar-refractivity contribution is 8.00. The Morgan fingerprint density at radius 3 is 2.59 bits per heavy atom. The maximum Gasteiger partial charge on any atom is 0.251 e. The van der Waals surface area contributed by atoms with Crippen LogP contribution in [0.4, 0.5) is 0 Å². The van der Waals surface area contributed by atoms with Crippen LogP contribution in [-0.2, 0) is 17.8 Å². The minimum atomic E-state index is -0.0879. The summed E-state index contributed by atoms with van der Waals surface area (Å²) in [5.41, 5.74) is 2.82. The van der Waals surface area contributed by atoms with Crippen molar-refractivity contribution in [1.82, 2.24) is 10.2 Å². The molecule has 0 spiro atoms. The number of furan rings is 1. The van der Waals surface area contributed by atoms with Crippen molar-refractivity contribution in [1.29, 1.82) is 0 Å². The average molecular weight is 407 g/mol. The summed E-state index contributed by atoms with van der Waals surface area (Å²) in [6.45, 7) is 1.04. The first-order valence-electron chi connectivity index (χ1n) is 9.56. The Kier molecular flexibility index (Phi) is 6.00. The van der Waals surface area contributed by atoms with Crippen molar-refractivity contribution >= 4 is 23.6 Å². The number of nitrogens with zero attached hydrogens (tertiary/aromatic N) is 1. The minimum Gasteiger partial charge on any atom is -0.467 e. The molecular formula is C23H22N2O3S. The zero-order valence-electron chi connectivity index (χ0n) is 15.9. The third-order valence-corrected chi connectivity index (χ3v) is 6.13. The van der Waals surface area contributed by atoms with Gasteiger partial charge < -0.3 is 14.6 Å². The normalized spacial score (nSPS) is 16.2. The van der Waals surface area contributed by atoms with E-state index in [4.69, 9.17) is 4.42 Å². The molecule has 29 heavy (non-hydrogen) atoms. The van der Waals surface area contributed by atoms with Crippen LogP contribution in [0.15, 0.2) is 77.4 Å². The van der Waals surface area contributed by atoms with Crippen molar-refractivity contribution in [2.75, 3.05) is 12.3 Å². The van der Waals surface area contributed by atoms with Gasteiger partial charge in [0.15, 0.2) is 0 Å². The molecule has 1 saturated heterocycles. The van der Waals surface area contributed by atoms with Crippen molar-refractivity contribution in [2.24, 2.45) is 0 Å². The summed E-state index contributed by atoms with van der Waals surface area (Å²) < 4.78 is 5.39. The molecule has 1 atom stereocenters. The smallest absolute Gasteiger partial charge is 0.251 e. The first kappa shape index (κ1) is 19.3. The second-order valence-corrected chi connectivity index (χ2v) is 7.95. The van der Waals surface area contributed by atoms with Gasteiger partial charge in [-0.2, -0.15) is 0 Å². The number of nitrogens with one attached hydrogen (secondary N) is 1. The Bertz CT molecular complexity index is 956. The SMILES string of the molecule is O=C(NCCc1ccccc1)c1ccc([C@@H]2SCC(=O)N2Cc2ccco2)cc1. The third-order valence-electron chi connectivity index (χ3n) is 4.87. The van der Waals surface area contributed by atoms with E-state index in [1.165, 1.54) is 5.56 Å². The lowest BCUT2D eigenvalue weighted by Crippen LogP contribution is -2.28. The number of thioether (sulfide) groups is 1. The molecule has 1 fully saturated rings. The maximum absolute atomic E-state index is 12.4. The summed E-state index contributed by atoms with van der Waals surface area (Å²) in [5, 5.41) is 2.89. The van der Waals surface area contributed by atoms with Crippen LogP contribution in [-0.4, -0.2) is 29.0 Å². The lowest BCUT2D eigenvalue weighted by molar-refractivity contribution is -0.128. The zero-order valence-corrected chi connectivity index (χ0v) is 16.7. The highest BCUT2D eigenvalue weighted by atomic mass is 32.2. The second kappa shape index (κ2) is 9.01. The third kappa shape index (κ3) is 4.71. The molecule has 2 aromatic carbocycles. The molecule has 1 N–H and O–H groups in total. The number of carbonyl (C=O) groups is 2. The maximum atomic E-state index is 12.4. The Morgan fingerprint density at radius 2 is 1.86 bits per heavy atom. The molecule has 2 amide bonds. The first-order chi connectivity index (χ1) is 14.2. The number of amides is 2. The number of carbonyl (C=O) groups excluding carboxylic acids is 2. The molecule has 0 radical (unpaired) electrons. The van der Waals surface area contributed by atoms with Gasteiger partial charge >= 0.3 is 0 Å². The standard InChI is InChI=1S/C23H22N2O3S/c26-21-16-29-23(25(21)15-20-7-4-14-28-20)19-10-8-18(9-11-19)22(27)24-13-12-17-5-2-1-3-6-17/h1-11,14,23H,12-13,15-16H2,(H,24,27)/t23-/m0/s1. The lowest BCUT2D eigenvalue weighted by atomic mass is 10.1. The molecule has 0 unspecified atom stereocenters. The zero-order chi connectivity index (χ0) is 20.1. The molecule has 0 saturated carbocycles. The van der Waals surface area contributed by atoms with Gasteiger partial charge in [-0.05, 0) is 41.8 Å². The molecule has 1 aliphatic rings. The van der Waals surface area contributed by atoms with Gasteiger partial charge in [0.2, 0.25) is 5.91 Å². The number of rotatable bonds is 7. The number of benzene rings is 2. The van der Waals surface area contributed by atoms with Crippen molar-refractivity contribution in [3.63, 3.8) is 0 Å². The molecule has 2 heterocycles. The van der Waals surface area contributed by atoms with Gasteiger partial charge in [-0.1, -0.05) is 42.5 Å². The van der Waals surface area contributed by atoms with E-state index in [0.29, 0.717) is 24.4 Å². The molecule has 1 aliphatic heterocycles. The summed E-state index contributed by atoms with van der Waals surface area (Å²) in [7, 11) is 0. The fraction of sp³-hybridized carbons (Fsp3) is 0.217. The van der Waals surface area contributed by atoms with E-state index < -0.39 is 0 Å². The summed E-state index contributed by atoms with van der Waals surface area (Å²) in [6.07, 6.45) is 2.41. The average Bonchev–Trinajstić information content (AvgIpc) is 3.40. The van der Waals surface area contributed by atoms with Crippen molar-refractivity contribution in [2.45, 2.75) is 18.3 Å². The summed E-state index contributed by atoms with van der Waals surface area (Å²) in [5.74, 6) is 1.22. The molecule has 6 heteroatoms. The van der Waals surface area contributed by atoms with Crippen LogP contribution in [0.3, 0.4) is 0 Å². The van der Waals surface area contributed by atoms with E-state index >= 15 is 0 Å². The van der Waals surface area contributed by atoms with E-state index in [0.717, 1.165) is 17.7 Å². The van der Waals surface area contributed by atoms with Crippen LogP contribution in [0, 0.1) is 0 Å². The van der Waals surface area contributed by atoms with E-state index in [1.54, 1.807) is 18.0 Å². The topological polar surface area (TPSA) is 62.6 Å². The van der Waals surface area contributed by atoms with Crippen LogP contribution in [0.2, 0.25) is 0 Å². The number of hydrogen-bond donors (Lipinski definition) is 1. The van der Waals surface area contributed by atoms with Crippen molar-refractivity contribution < 1.29 is 14.0 Å². The lowest BCUT2D eigenvalue weighted by Gasteiger charge is -2.23. The van der Waals surface area contributed by atoms with Gasteiger partial charge in [0.25, 0.3) is 5.91 Å². The highest BCUT2D eigenvalue weighted by Gasteiger charge is 2.33. The monoisotopic (exact) mass is 406 g/mol. The van der Waals surface area contributed by atoms with Crippen LogP contribution in [0.5, 0.6) is 0 Å². The fourth-order valence-electron chi connectivity index (χ4n) is 3.34. The second-order valence-electron chi connectivity index (χ2n) is 6.88. The minimum absolute atomic E-state index is 0.0669. The summed E-state index contributed by atoms with van der Waals surface area (Å²) in [4.78, 5) is 26.5. The summed E-state index contributed by atoms with van der Waals surface area (Å²) >= 11 is 1.59. The van der Waals surface area contributed by atoms with E-state index in [-0.39, 0.29) is 17.2 Å². The van der Waals surface area contributed by atoms with Gasteiger partial charge in [-0.25, -0.2) is 0 Å². The molecule has 0 bridgehead atoms. The fourth-order valence-corrected chi connectivity index (χ4v) is 4.53. The van der Waals surface area contributed by atoms with Crippen LogP contribution in [0.1, 0.15) is 32.6 Å². The van der Waals surface area contributed by atoms with E-state index in [9.17, 15) is 9.59 Å². The molecule has 4 rings (SSSR count). The van der Waals surface area contributed by atoms with Gasteiger partial charge in [0.1, 0.15) is 11.1 Å². The van der Waals surface area contributed by atoms with Crippen LogP contribution in [0.25, 0.3) is 0 Å². The van der Waals surface area contributed by atoms with E-state index in [1.807, 2.05) is 59.5 Å². The van der Waals surface area contributed by atoms with Crippen molar-refractivity contribution in [3.8, 4) is 0 Å². The molecule has 0 aliphatic carbocycles. The molecule has 3 aromatic rings. The molecule has 1 aromatic heterocycles. The molecule has 5 nitrogen and oxygen atoms in total. The summed E-state index contributed by atoms with van der Waals surface area (Å²) in [6, 6.07) is 21.3. The highest BCUT2D eigenvalue weighted by Crippen LogP contribution is 2.39. The molecular weight excluding hydrogens is 384 g/mol. The Morgan fingerprint density at radius 1 is 1.07 bits per heavy atom. The van der Waals surface area contributed by atoms with Crippen molar-refractivity contribution in [3.05, 3.63) is 95.4 Å². The Balaban J connectivity index is 1.36. The van der Waals surface area contributed by atoms with E-state index in [2.05, 4.69) is 17.4 Å². The molecule has 148 valence electrons. The first-order valence-corrected chi connectivity index (χ1v) is 10.6. The number of hydrogen-bond acceptors (Lipinski definition) is 4. The quantitative estimate of drug-likeness (QED) is 0.644. The van der Waals surface area contributed by atoms with Crippen LogP contribution >= 0.6 is 11.8 Å². The predicted octanol–water partition coefficient (Wildman–Crippen LogP) is 4.03. The Labute approximate surface area is 174 Å². The van der Waals surface area contributed by atoms with Gasteiger partial charge in [-0.15, -0.1) is 11.8 Å². The van der Waals surface area contributed by atoms with Gasteiger partial charge in [-0.3, -0.25) is 9.59 Å². The van der Waals surface area contributed by atoms with Crippen LogP contribution < -0.4 is 5.32 Å². The largest absolute Gasteiger partial charge is 0.467 e. The Hall–Kier alpha value is -2.99. The van der Waals surface area contributed by atoms with Gasteiger partial charge in [0, 0.05) is 12.1 Å². The van der Waals surface area contributed by atoms with Gasteiger partial charge in [0.05, 0.1) is 18.6 Å².